The third-order valence-electron chi connectivity index (χ3n) is 7.56. The number of pyridine rings is 2. The summed E-state index contributed by atoms with van der Waals surface area (Å²) in [5, 5.41) is 34.8. The summed E-state index contributed by atoms with van der Waals surface area (Å²) < 4.78 is 2.03. The molecule has 0 radical (unpaired) electrons. The lowest BCUT2D eigenvalue weighted by molar-refractivity contribution is 0.0501. The molecule has 2 aromatic carbocycles. The standard InChI is InChI=1S/C15H16BrN5O.C10H7Br2N.C5H10N4O/c16-13-7-18-6-11-2-1-10(5-12(11)13)8-21-4-3-14(19-20-17)15(22)9-21;11-4-7-1-2-8-5-13-6-10(12)9(8)3-7;6-9-8-4-1-2-7-3-5(4)10/h1-2,5-7,14-15,22H,3-4,8-9H2;1-3,5-6H,4H2;4-5,7,10H,1-3H2/t14-,15-;;4-,5-/m1.1/s1. The molecule has 2 aromatic heterocycles. The van der Waals surface area contributed by atoms with Gasteiger partial charge in [0.25, 0.3) is 0 Å². The van der Waals surface area contributed by atoms with E-state index < -0.39 is 12.2 Å². The zero-order valence-electron chi connectivity index (χ0n) is 24.3. The molecule has 6 rings (SSSR count). The number of aromatic nitrogens is 2. The minimum absolute atomic E-state index is 0.230. The second-order valence-corrected chi connectivity index (χ2v) is 13.0. The number of likely N-dealkylation sites (tertiary alicyclic amines) is 1. The molecular weight excluding hydrogens is 772 g/mol. The zero-order valence-corrected chi connectivity index (χ0v) is 29.1. The fourth-order valence-corrected chi connectivity index (χ4v) is 6.42. The number of hydrogen-bond acceptors (Lipinski definition) is 8. The van der Waals surface area contributed by atoms with E-state index in [2.05, 4.69) is 124 Å². The molecule has 0 spiro atoms. The van der Waals surface area contributed by atoms with Gasteiger partial charge in [0.1, 0.15) is 0 Å². The van der Waals surface area contributed by atoms with Crippen molar-refractivity contribution in [1.82, 2.24) is 20.2 Å². The van der Waals surface area contributed by atoms with Crippen molar-refractivity contribution in [2.45, 2.75) is 49.0 Å². The molecule has 3 N–H and O–H groups in total. The third kappa shape index (κ3) is 10.1. The van der Waals surface area contributed by atoms with E-state index in [1.807, 2.05) is 18.6 Å². The highest BCUT2D eigenvalue weighted by molar-refractivity contribution is 9.11. The lowest BCUT2D eigenvalue weighted by Gasteiger charge is -2.33. The highest BCUT2D eigenvalue weighted by Gasteiger charge is 2.26. The number of benzene rings is 2. The Morgan fingerprint density at radius 1 is 0.844 bits per heavy atom. The van der Waals surface area contributed by atoms with Gasteiger partial charge >= 0.3 is 0 Å². The van der Waals surface area contributed by atoms with Crippen LogP contribution in [-0.2, 0) is 11.9 Å². The lowest BCUT2D eigenvalue weighted by atomic mass is 10.0. The van der Waals surface area contributed by atoms with Gasteiger partial charge in [-0.05, 0) is 103 Å². The summed E-state index contributed by atoms with van der Waals surface area (Å²) in [6.45, 7) is 3.46. The first-order valence-electron chi connectivity index (χ1n) is 14.3. The van der Waals surface area contributed by atoms with Crippen LogP contribution in [0, 0.1) is 0 Å². The molecular formula is C30H33Br3N10O2. The molecule has 4 heterocycles. The van der Waals surface area contributed by atoms with Crippen molar-refractivity contribution >= 4 is 69.3 Å². The zero-order chi connectivity index (χ0) is 32.2. The van der Waals surface area contributed by atoms with Crippen LogP contribution in [0.1, 0.15) is 24.0 Å². The molecule has 4 aromatic rings. The second kappa shape index (κ2) is 17.7. The van der Waals surface area contributed by atoms with Gasteiger partial charge in [0, 0.05) is 79.3 Å². The molecule has 4 atom stereocenters. The molecule has 0 amide bonds. The third-order valence-corrected chi connectivity index (χ3v) is 9.47. The van der Waals surface area contributed by atoms with Crippen molar-refractivity contribution < 1.29 is 10.2 Å². The number of alkyl halides is 1. The van der Waals surface area contributed by atoms with Gasteiger partial charge in [-0.1, -0.05) is 50.4 Å². The summed E-state index contributed by atoms with van der Waals surface area (Å²) in [4.78, 5) is 15.9. The van der Waals surface area contributed by atoms with Crippen LogP contribution in [0.4, 0.5) is 0 Å². The fraction of sp³-hybridized carbons (Fsp3) is 0.400. The molecule has 12 nitrogen and oxygen atoms in total. The predicted molar refractivity (Wildman–Crippen MR) is 187 cm³/mol. The fourth-order valence-electron chi connectivity index (χ4n) is 5.15. The normalized spacial score (nSPS) is 21.4. The van der Waals surface area contributed by atoms with Crippen LogP contribution < -0.4 is 5.32 Å². The van der Waals surface area contributed by atoms with E-state index in [1.54, 1.807) is 6.20 Å². The van der Waals surface area contributed by atoms with Crippen LogP contribution in [-0.4, -0.2) is 75.6 Å². The van der Waals surface area contributed by atoms with Gasteiger partial charge in [0.15, 0.2) is 0 Å². The van der Waals surface area contributed by atoms with Gasteiger partial charge in [0.2, 0.25) is 0 Å². The summed E-state index contributed by atoms with van der Waals surface area (Å²) >= 11 is 10.4. The maximum Gasteiger partial charge on any atom is 0.0752 e. The Balaban J connectivity index is 0.000000170. The van der Waals surface area contributed by atoms with Crippen molar-refractivity contribution in [1.29, 1.82) is 0 Å². The van der Waals surface area contributed by atoms with Crippen molar-refractivity contribution in [3.05, 3.63) is 102 Å². The summed E-state index contributed by atoms with van der Waals surface area (Å²) in [6, 6.07) is 12.1. The van der Waals surface area contributed by atoms with Gasteiger partial charge in [-0.3, -0.25) is 14.9 Å². The Labute approximate surface area is 285 Å². The number of rotatable bonds is 5. The maximum atomic E-state index is 10.0. The molecule has 0 aliphatic carbocycles. The van der Waals surface area contributed by atoms with Crippen LogP contribution in [0.5, 0.6) is 0 Å². The van der Waals surface area contributed by atoms with E-state index in [4.69, 9.17) is 11.1 Å². The van der Waals surface area contributed by atoms with Crippen molar-refractivity contribution in [2.24, 2.45) is 10.2 Å². The van der Waals surface area contributed by atoms with Crippen molar-refractivity contribution in [3.63, 3.8) is 0 Å². The number of aliphatic hydroxyl groups is 2. The Morgan fingerprint density at radius 2 is 1.42 bits per heavy atom. The molecule has 2 aliphatic heterocycles. The Bertz CT molecular complexity index is 1680. The van der Waals surface area contributed by atoms with E-state index in [9.17, 15) is 10.2 Å². The van der Waals surface area contributed by atoms with Gasteiger partial charge in [-0.2, -0.15) is 0 Å². The maximum absolute atomic E-state index is 10.0. The van der Waals surface area contributed by atoms with Gasteiger partial charge in [0.05, 0.1) is 24.3 Å². The van der Waals surface area contributed by atoms with Gasteiger partial charge < -0.3 is 15.5 Å². The molecule has 236 valence electrons. The summed E-state index contributed by atoms with van der Waals surface area (Å²) in [6.07, 6.45) is 7.64. The first kappa shape index (κ1) is 35.0. The number of aliphatic hydroxyl groups excluding tert-OH is 2. The minimum atomic E-state index is -0.596. The van der Waals surface area contributed by atoms with Crippen LogP contribution in [0.15, 0.2) is 80.4 Å². The monoisotopic (exact) mass is 802 g/mol. The van der Waals surface area contributed by atoms with Crippen LogP contribution >= 0.6 is 47.8 Å². The molecule has 2 fully saturated rings. The number of azide groups is 2. The minimum Gasteiger partial charge on any atom is -0.391 e. The first-order valence-corrected chi connectivity index (χ1v) is 17.0. The van der Waals surface area contributed by atoms with E-state index in [-0.39, 0.29) is 12.1 Å². The summed E-state index contributed by atoms with van der Waals surface area (Å²) in [7, 11) is 0. The van der Waals surface area contributed by atoms with E-state index in [0.29, 0.717) is 19.5 Å². The first-order chi connectivity index (χ1) is 21.8. The molecule has 45 heavy (non-hydrogen) atoms. The largest absolute Gasteiger partial charge is 0.391 e. The SMILES string of the molecule is BrCc1ccc2cncc(Br)c2c1.[N-]=[N+]=N[C@@H]1CCN(Cc2ccc3cncc(Br)c3c2)C[C@H]1O.[N-]=[N+]=N[C@@H]1CCNC[C@H]1O. The van der Waals surface area contributed by atoms with Gasteiger partial charge in [-0.25, -0.2) is 0 Å². The lowest BCUT2D eigenvalue weighted by Crippen LogP contribution is -2.45. The average Bonchev–Trinajstić information content (AvgIpc) is 3.05. The quantitative estimate of drug-likeness (QED) is 0.0834. The molecule has 0 unspecified atom stereocenters. The highest BCUT2D eigenvalue weighted by Crippen LogP contribution is 2.26. The van der Waals surface area contributed by atoms with Crippen LogP contribution in [0.3, 0.4) is 0 Å². The number of piperidine rings is 2. The number of β-amino-alcohol motifs (C(OH)–C–C–N with tert-alkyl or cyclic N) is 2. The van der Waals surface area contributed by atoms with E-state index in [0.717, 1.165) is 51.1 Å². The summed E-state index contributed by atoms with van der Waals surface area (Å²) in [5.41, 5.74) is 19.0. The topological polar surface area (TPSA) is 179 Å². The molecule has 2 aliphatic rings. The molecule has 2 saturated heterocycles. The number of nitrogens with one attached hydrogen (secondary N) is 1. The average molecular weight is 805 g/mol. The van der Waals surface area contributed by atoms with Crippen LogP contribution in [0.2, 0.25) is 0 Å². The van der Waals surface area contributed by atoms with Crippen molar-refractivity contribution in [2.75, 3.05) is 26.2 Å². The molecule has 15 heteroatoms. The Morgan fingerprint density at radius 3 is 1.98 bits per heavy atom. The van der Waals surface area contributed by atoms with Gasteiger partial charge in [-0.15, -0.1) is 0 Å². The number of hydrogen-bond donors (Lipinski definition) is 3. The number of nitrogens with zero attached hydrogens (tertiary/aromatic N) is 9. The Hall–Kier alpha value is -2.84. The molecule has 0 saturated carbocycles. The number of halogens is 3. The van der Waals surface area contributed by atoms with E-state index in [1.165, 1.54) is 21.9 Å². The smallest absolute Gasteiger partial charge is 0.0752 e. The molecule has 0 bridgehead atoms. The Kier molecular flexibility index (Phi) is 13.8. The highest BCUT2D eigenvalue weighted by atomic mass is 79.9. The number of fused-ring (bicyclic) bond motifs is 2. The van der Waals surface area contributed by atoms with Crippen LogP contribution in [0.25, 0.3) is 42.4 Å². The second-order valence-electron chi connectivity index (χ2n) is 10.7. The predicted octanol–water partition coefficient (Wildman–Crippen LogP) is 7.15. The summed E-state index contributed by atoms with van der Waals surface area (Å²) in [5.74, 6) is 0. The van der Waals surface area contributed by atoms with Crippen molar-refractivity contribution in [3.8, 4) is 0 Å². The van der Waals surface area contributed by atoms with E-state index >= 15 is 0 Å².